The van der Waals surface area contributed by atoms with E-state index >= 15 is 0 Å². The van der Waals surface area contributed by atoms with Gasteiger partial charge in [-0.05, 0) is 30.7 Å². The van der Waals surface area contributed by atoms with Crippen molar-refractivity contribution in [3.63, 3.8) is 0 Å². The van der Waals surface area contributed by atoms with Crippen LogP contribution in [-0.4, -0.2) is 21.4 Å². The van der Waals surface area contributed by atoms with E-state index in [0.29, 0.717) is 15.7 Å². The maximum absolute atomic E-state index is 10.2. The second-order valence-electron chi connectivity index (χ2n) is 5.68. The Morgan fingerprint density at radius 1 is 1.08 bits per heavy atom. The molecule has 6 heteroatoms. The van der Waals surface area contributed by atoms with Crippen LogP contribution in [0.15, 0.2) is 47.5 Å². The minimum Gasteiger partial charge on any atom is -0.506 e. The van der Waals surface area contributed by atoms with Gasteiger partial charge in [-0.25, -0.2) is 0 Å². The summed E-state index contributed by atoms with van der Waals surface area (Å²) < 4.78 is 0. The van der Waals surface area contributed by atoms with E-state index in [1.54, 1.807) is 18.3 Å². The Balaban J connectivity index is 1.66. The molecule has 0 atom stereocenters. The number of thiazole rings is 1. The number of para-hydroxylation sites is 2. The van der Waals surface area contributed by atoms with Gasteiger partial charge >= 0.3 is 0 Å². The molecular weight excluding hydrogens is 334 g/mol. The van der Waals surface area contributed by atoms with Crippen LogP contribution in [0.2, 0.25) is 0 Å². The van der Waals surface area contributed by atoms with Gasteiger partial charge in [-0.1, -0.05) is 41.7 Å². The lowest BCUT2D eigenvalue weighted by Crippen LogP contribution is -1.92. The maximum atomic E-state index is 10.2. The number of benzene rings is 2. The summed E-state index contributed by atoms with van der Waals surface area (Å²) in [6.07, 6.45) is 3.65. The highest BCUT2D eigenvalue weighted by molar-refractivity contribution is 7.16. The van der Waals surface area contributed by atoms with E-state index in [4.69, 9.17) is 0 Å². The Morgan fingerprint density at radius 3 is 2.76 bits per heavy atom. The molecule has 0 amide bonds. The molecule has 1 aromatic heterocycles. The second kappa shape index (κ2) is 6.07. The minimum atomic E-state index is -0.0501. The quantitative estimate of drug-likeness (QED) is 0.590. The minimum absolute atomic E-state index is 0.0501. The van der Waals surface area contributed by atoms with Crippen molar-refractivity contribution in [3.8, 4) is 11.6 Å². The van der Waals surface area contributed by atoms with Crippen molar-refractivity contribution >= 4 is 45.7 Å². The van der Waals surface area contributed by atoms with Gasteiger partial charge in [0.05, 0.1) is 16.3 Å². The number of nitrogens with one attached hydrogen (secondary N) is 1. The fourth-order valence-corrected chi connectivity index (χ4v) is 3.50. The maximum Gasteiger partial charge on any atom is 0.231 e. The van der Waals surface area contributed by atoms with E-state index in [1.165, 1.54) is 11.3 Å². The molecule has 0 aliphatic carbocycles. The number of hydrogen-bond acceptors (Lipinski definition) is 6. The van der Waals surface area contributed by atoms with Crippen LogP contribution in [0.1, 0.15) is 16.0 Å². The molecule has 0 fully saturated rings. The first-order chi connectivity index (χ1) is 12.1. The molecule has 4 rings (SSSR count). The van der Waals surface area contributed by atoms with Crippen molar-refractivity contribution in [1.82, 2.24) is 4.98 Å². The molecule has 3 aromatic rings. The van der Waals surface area contributed by atoms with Gasteiger partial charge in [-0.3, -0.25) is 4.99 Å². The van der Waals surface area contributed by atoms with E-state index in [0.717, 1.165) is 22.4 Å². The number of anilines is 2. The van der Waals surface area contributed by atoms with Gasteiger partial charge in [0.15, 0.2) is 5.13 Å². The van der Waals surface area contributed by atoms with E-state index in [2.05, 4.69) is 15.3 Å². The molecular formula is C19H15N3O2S. The van der Waals surface area contributed by atoms with Crippen molar-refractivity contribution in [3.05, 3.63) is 58.5 Å². The zero-order valence-corrected chi connectivity index (χ0v) is 14.2. The molecule has 0 unspecified atom stereocenters. The second-order valence-corrected chi connectivity index (χ2v) is 6.71. The number of allylic oxidation sites excluding steroid dienone is 1. The number of fused-ring (bicyclic) bond motifs is 1. The molecule has 1 aliphatic heterocycles. The number of phenols is 1. The average molecular weight is 349 g/mol. The van der Waals surface area contributed by atoms with Crippen LogP contribution in [0, 0.1) is 6.92 Å². The van der Waals surface area contributed by atoms with Gasteiger partial charge in [0.1, 0.15) is 5.75 Å². The first kappa shape index (κ1) is 15.4. The Labute approximate surface area is 148 Å². The highest BCUT2D eigenvalue weighted by Gasteiger charge is 2.15. The smallest absolute Gasteiger partial charge is 0.231 e. The van der Waals surface area contributed by atoms with Gasteiger partial charge in [0.2, 0.25) is 5.88 Å². The molecule has 5 nitrogen and oxygen atoms in total. The van der Waals surface area contributed by atoms with Gasteiger partial charge in [-0.15, -0.1) is 0 Å². The number of phenolic OH excluding ortho intramolecular Hbond substituents is 1. The lowest BCUT2D eigenvalue weighted by molar-refractivity contribution is 0.456. The third-order valence-electron chi connectivity index (χ3n) is 3.96. The lowest BCUT2D eigenvalue weighted by Gasteiger charge is -2.08. The fraction of sp³-hybridized carbons (Fsp3) is 0.0526. The topological polar surface area (TPSA) is 77.7 Å². The summed E-state index contributed by atoms with van der Waals surface area (Å²) in [7, 11) is 0. The standard InChI is InChI=1S/C19H15N3O2S/c1-11-5-4-8-15(23)17(11)21-19-22-18(24)16(25-19)9-12-10-20-14-7-3-2-6-13(12)14/h2-10,23-24H,1H3,(H,21,22)/b12-9+. The zero-order chi connectivity index (χ0) is 17.4. The fourth-order valence-electron chi connectivity index (χ4n) is 2.69. The molecule has 0 saturated heterocycles. The van der Waals surface area contributed by atoms with Gasteiger partial charge < -0.3 is 15.5 Å². The summed E-state index contributed by atoms with van der Waals surface area (Å²) in [6, 6.07) is 13.1. The SMILES string of the molecule is Cc1cccc(O)c1Nc1nc(O)c(/C=C2\C=Nc3ccccc32)s1. The normalized spacial score (nSPS) is 14.0. The molecule has 0 saturated carbocycles. The predicted octanol–water partition coefficient (Wildman–Crippen LogP) is 4.86. The molecule has 0 bridgehead atoms. The van der Waals surface area contributed by atoms with Crippen molar-refractivity contribution in [2.24, 2.45) is 4.99 Å². The Kier molecular flexibility index (Phi) is 3.74. The number of aromatic nitrogens is 1. The van der Waals surface area contributed by atoms with E-state index < -0.39 is 0 Å². The van der Waals surface area contributed by atoms with Crippen LogP contribution in [0.25, 0.3) is 11.6 Å². The van der Waals surface area contributed by atoms with Crippen LogP contribution in [0.4, 0.5) is 16.5 Å². The van der Waals surface area contributed by atoms with E-state index in [-0.39, 0.29) is 11.6 Å². The number of hydrogen-bond donors (Lipinski definition) is 3. The molecule has 124 valence electrons. The summed E-state index contributed by atoms with van der Waals surface area (Å²) in [5.41, 5.74) is 4.36. The largest absolute Gasteiger partial charge is 0.506 e. The Morgan fingerprint density at radius 2 is 1.92 bits per heavy atom. The highest BCUT2D eigenvalue weighted by atomic mass is 32.1. The number of aliphatic imine (C=N–C) groups is 1. The van der Waals surface area contributed by atoms with E-state index in [9.17, 15) is 10.2 Å². The monoisotopic (exact) mass is 349 g/mol. The molecule has 1 aliphatic rings. The first-order valence-corrected chi connectivity index (χ1v) is 8.54. The van der Waals surface area contributed by atoms with Crippen LogP contribution in [-0.2, 0) is 0 Å². The van der Waals surface area contributed by atoms with Crippen molar-refractivity contribution in [2.75, 3.05) is 5.32 Å². The zero-order valence-electron chi connectivity index (χ0n) is 13.4. The summed E-state index contributed by atoms with van der Waals surface area (Å²) in [4.78, 5) is 9.15. The molecule has 25 heavy (non-hydrogen) atoms. The van der Waals surface area contributed by atoms with Gasteiger partial charge in [0.25, 0.3) is 0 Å². The van der Waals surface area contributed by atoms with E-state index in [1.807, 2.05) is 43.3 Å². The average Bonchev–Trinajstić information content (AvgIpc) is 3.16. The molecule has 2 heterocycles. The van der Waals surface area contributed by atoms with Gasteiger partial charge in [0, 0.05) is 17.4 Å². The summed E-state index contributed by atoms with van der Waals surface area (Å²) in [5.74, 6) is 0.0947. The molecule has 3 N–H and O–H groups in total. The van der Waals surface area contributed by atoms with Crippen molar-refractivity contribution in [1.29, 1.82) is 0 Å². The van der Waals surface area contributed by atoms with Crippen LogP contribution in [0.3, 0.4) is 0 Å². The Bertz CT molecular complexity index is 1000. The lowest BCUT2D eigenvalue weighted by atomic mass is 10.1. The highest BCUT2D eigenvalue weighted by Crippen LogP contribution is 2.38. The number of aromatic hydroxyl groups is 2. The van der Waals surface area contributed by atoms with Crippen molar-refractivity contribution in [2.45, 2.75) is 6.92 Å². The summed E-state index contributed by atoms with van der Waals surface area (Å²) in [6.45, 7) is 1.89. The Hall–Kier alpha value is -3.12. The summed E-state index contributed by atoms with van der Waals surface area (Å²) >= 11 is 1.31. The van der Waals surface area contributed by atoms with Crippen LogP contribution >= 0.6 is 11.3 Å². The third kappa shape index (κ3) is 2.88. The molecule has 2 aromatic carbocycles. The number of nitrogens with zero attached hydrogens (tertiary/aromatic N) is 2. The first-order valence-electron chi connectivity index (χ1n) is 7.72. The number of rotatable bonds is 3. The third-order valence-corrected chi connectivity index (χ3v) is 4.87. The molecule has 0 spiro atoms. The van der Waals surface area contributed by atoms with Crippen molar-refractivity contribution < 1.29 is 10.2 Å². The predicted molar refractivity (Wildman–Crippen MR) is 102 cm³/mol. The van der Waals surface area contributed by atoms with Gasteiger partial charge in [-0.2, -0.15) is 4.98 Å². The summed E-state index contributed by atoms with van der Waals surface area (Å²) in [5, 5.41) is 23.7. The number of aryl methyl sites for hydroxylation is 1. The molecule has 0 radical (unpaired) electrons. The van der Waals surface area contributed by atoms with Crippen LogP contribution < -0.4 is 5.32 Å². The van der Waals surface area contributed by atoms with Crippen LogP contribution in [0.5, 0.6) is 11.6 Å².